The van der Waals surface area contributed by atoms with E-state index in [0.717, 1.165) is 16.6 Å². The molecule has 2 aromatic rings. The Bertz CT molecular complexity index is 602. The molecule has 0 atom stereocenters. The van der Waals surface area contributed by atoms with Crippen molar-refractivity contribution in [3.8, 4) is 0 Å². The van der Waals surface area contributed by atoms with Crippen LogP contribution in [0.4, 0.5) is 0 Å². The van der Waals surface area contributed by atoms with Crippen LogP contribution in [0, 0.1) is 0 Å². The lowest BCUT2D eigenvalue weighted by molar-refractivity contribution is -0.166. The Balaban J connectivity index is 2.21. The SMILES string of the molecule is COC(=O)C(C)(C)OCc1nn(C)c2ccccc12. The molecule has 1 aromatic heterocycles. The van der Waals surface area contributed by atoms with E-state index in [-0.39, 0.29) is 6.61 Å². The predicted octanol–water partition coefficient (Wildman–Crippen LogP) is 2.04. The maximum atomic E-state index is 11.6. The molecule has 0 fully saturated rings. The standard InChI is InChI=1S/C14H18N2O3/c1-14(2,13(17)18-4)19-9-11-10-7-5-6-8-12(10)16(3)15-11/h5-8H,9H2,1-4H3. The average Bonchev–Trinajstić information content (AvgIpc) is 2.73. The van der Waals surface area contributed by atoms with Crippen molar-refractivity contribution in [2.24, 2.45) is 7.05 Å². The molecule has 0 bridgehead atoms. The van der Waals surface area contributed by atoms with Gasteiger partial charge < -0.3 is 9.47 Å². The number of fused-ring (bicyclic) bond motifs is 1. The van der Waals surface area contributed by atoms with Gasteiger partial charge in [0.1, 0.15) is 0 Å². The third-order valence-corrected chi connectivity index (χ3v) is 3.08. The molecule has 19 heavy (non-hydrogen) atoms. The molecular formula is C14H18N2O3. The van der Waals surface area contributed by atoms with Crippen LogP contribution < -0.4 is 0 Å². The van der Waals surface area contributed by atoms with Gasteiger partial charge in [-0.3, -0.25) is 4.68 Å². The average molecular weight is 262 g/mol. The quantitative estimate of drug-likeness (QED) is 0.791. The molecule has 0 aliphatic heterocycles. The molecule has 1 heterocycles. The minimum absolute atomic E-state index is 0.267. The van der Waals surface area contributed by atoms with Gasteiger partial charge in [-0.25, -0.2) is 4.79 Å². The molecular weight excluding hydrogens is 244 g/mol. The number of aromatic nitrogens is 2. The fourth-order valence-electron chi connectivity index (χ4n) is 1.95. The summed E-state index contributed by atoms with van der Waals surface area (Å²) < 4.78 is 12.2. The largest absolute Gasteiger partial charge is 0.467 e. The van der Waals surface area contributed by atoms with E-state index in [0.29, 0.717) is 0 Å². The summed E-state index contributed by atoms with van der Waals surface area (Å²) in [5.41, 5.74) is 0.875. The molecule has 5 heteroatoms. The molecule has 0 saturated carbocycles. The highest BCUT2D eigenvalue weighted by molar-refractivity contribution is 5.82. The van der Waals surface area contributed by atoms with Gasteiger partial charge in [0.05, 0.1) is 24.9 Å². The molecule has 0 spiro atoms. The topological polar surface area (TPSA) is 53.4 Å². The number of carbonyl (C=O) groups excluding carboxylic acids is 1. The molecule has 0 N–H and O–H groups in total. The number of nitrogens with zero attached hydrogens (tertiary/aromatic N) is 2. The first-order valence-corrected chi connectivity index (χ1v) is 6.08. The van der Waals surface area contributed by atoms with E-state index < -0.39 is 11.6 Å². The van der Waals surface area contributed by atoms with Gasteiger partial charge in [0.2, 0.25) is 0 Å². The van der Waals surface area contributed by atoms with E-state index in [1.54, 1.807) is 18.5 Å². The van der Waals surface area contributed by atoms with Crippen molar-refractivity contribution < 1.29 is 14.3 Å². The fourth-order valence-corrected chi connectivity index (χ4v) is 1.95. The highest BCUT2D eigenvalue weighted by Gasteiger charge is 2.30. The Morgan fingerprint density at radius 1 is 1.37 bits per heavy atom. The molecule has 0 amide bonds. The number of hydrogen-bond donors (Lipinski definition) is 0. The number of ether oxygens (including phenoxy) is 2. The van der Waals surface area contributed by atoms with Crippen molar-refractivity contribution >= 4 is 16.9 Å². The molecule has 5 nitrogen and oxygen atoms in total. The van der Waals surface area contributed by atoms with Crippen molar-refractivity contribution in [3.05, 3.63) is 30.0 Å². The number of para-hydroxylation sites is 1. The van der Waals surface area contributed by atoms with E-state index in [1.165, 1.54) is 7.11 Å². The second-order valence-corrected chi connectivity index (χ2v) is 4.88. The lowest BCUT2D eigenvalue weighted by Crippen LogP contribution is -2.35. The first-order valence-electron chi connectivity index (χ1n) is 6.08. The van der Waals surface area contributed by atoms with Gasteiger partial charge >= 0.3 is 5.97 Å². The fraction of sp³-hybridized carbons (Fsp3) is 0.429. The minimum Gasteiger partial charge on any atom is -0.467 e. The third kappa shape index (κ3) is 2.61. The highest BCUT2D eigenvalue weighted by atomic mass is 16.6. The number of esters is 1. The summed E-state index contributed by atoms with van der Waals surface area (Å²) in [5, 5.41) is 5.45. The van der Waals surface area contributed by atoms with Crippen LogP contribution >= 0.6 is 0 Å². The first-order chi connectivity index (χ1) is 8.95. The maximum absolute atomic E-state index is 11.6. The first kappa shape index (κ1) is 13.5. The summed E-state index contributed by atoms with van der Waals surface area (Å²) in [6.45, 7) is 3.64. The monoisotopic (exact) mass is 262 g/mol. The summed E-state index contributed by atoms with van der Waals surface area (Å²) in [6.07, 6.45) is 0. The number of rotatable bonds is 4. The Labute approximate surface area is 112 Å². The van der Waals surface area contributed by atoms with Crippen LogP contribution in [0.15, 0.2) is 24.3 Å². The lowest BCUT2D eigenvalue weighted by atomic mass is 10.1. The van der Waals surface area contributed by atoms with Crippen LogP contribution in [0.5, 0.6) is 0 Å². The highest BCUT2D eigenvalue weighted by Crippen LogP contribution is 2.21. The van der Waals surface area contributed by atoms with Gasteiger partial charge in [-0.1, -0.05) is 18.2 Å². The summed E-state index contributed by atoms with van der Waals surface area (Å²) in [5.74, 6) is -0.396. The van der Waals surface area contributed by atoms with Gasteiger partial charge in [-0.15, -0.1) is 0 Å². The molecule has 0 aliphatic carbocycles. The van der Waals surface area contributed by atoms with Crippen LogP contribution in [0.25, 0.3) is 10.9 Å². The van der Waals surface area contributed by atoms with Crippen LogP contribution in [0.1, 0.15) is 19.5 Å². The van der Waals surface area contributed by atoms with Crippen LogP contribution in [0.3, 0.4) is 0 Å². The van der Waals surface area contributed by atoms with Crippen LogP contribution in [-0.2, 0) is 27.9 Å². The van der Waals surface area contributed by atoms with E-state index in [1.807, 2.05) is 31.3 Å². The van der Waals surface area contributed by atoms with Crippen molar-refractivity contribution in [2.45, 2.75) is 26.1 Å². The van der Waals surface area contributed by atoms with Gasteiger partial charge in [0, 0.05) is 12.4 Å². The predicted molar refractivity (Wildman–Crippen MR) is 71.6 cm³/mol. The second kappa shape index (κ2) is 5.01. The Morgan fingerprint density at radius 2 is 2.05 bits per heavy atom. The number of aryl methyl sites for hydroxylation is 1. The maximum Gasteiger partial charge on any atom is 0.337 e. The molecule has 1 aromatic carbocycles. The van der Waals surface area contributed by atoms with Crippen LogP contribution in [0.2, 0.25) is 0 Å². The summed E-state index contributed by atoms with van der Waals surface area (Å²) in [7, 11) is 3.24. The number of methoxy groups -OCH3 is 1. The van der Waals surface area contributed by atoms with Crippen molar-refractivity contribution in [3.63, 3.8) is 0 Å². The minimum atomic E-state index is -0.979. The molecule has 102 valence electrons. The molecule has 0 saturated heterocycles. The third-order valence-electron chi connectivity index (χ3n) is 3.08. The van der Waals surface area contributed by atoms with E-state index in [9.17, 15) is 4.79 Å². The van der Waals surface area contributed by atoms with E-state index in [4.69, 9.17) is 9.47 Å². The molecule has 0 aliphatic rings. The molecule has 2 rings (SSSR count). The van der Waals surface area contributed by atoms with Gasteiger partial charge in [0.15, 0.2) is 5.60 Å². The van der Waals surface area contributed by atoms with Gasteiger partial charge in [0.25, 0.3) is 0 Å². The van der Waals surface area contributed by atoms with E-state index in [2.05, 4.69) is 5.10 Å². The molecule has 0 unspecified atom stereocenters. The summed E-state index contributed by atoms with van der Waals surface area (Å²) >= 11 is 0. The van der Waals surface area contributed by atoms with Gasteiger partial charge in [-0.2, -0.15) is 5.10 Å². The zero-order valence-corrected chi connectivity index (χ0v) is 11.6. The van der Waals surface area contributed by atoms with E-state index >= 15 is 0 Å². The van der Waals surface area contributed by atoms with Crippen LogP contribution in [-0.4, -0.2) is 28.5 Å². The Kier molecular flexibility index (Phi) is 3.57. The van der Waals surface area contributed by atoms with Crippen molar-refractivity contribution in [1.29, 1.82) is 0 Å². The number of benzene rings is 1. The van der Waals surface area contributed by atoms with Crippen molar-refractivity contribution in [2.75, 3.05) is 7.11 Å². The summed E-state index contributed by atoms with van der Waals surface area (Å²) in [4.78, 5) is 11.6. The zero-order valence-electron chi connectivity index (χ0n) is 11.6. The smallest absolute Gasteiger partial charge is 0.337 e. The Morgan fingerprint density at radius 3 is 2.74 bits per heavy atom. The Hall–Kier alpha value is -1.88. The van der Waals surface area contributed by atoms with Crippen molar-refractivity contribution in [1.82, 2.24) is 9.78 Å². The molecule has 0 radical (unpaired) electrons. The number of hydrogen-bond acceptors (Lipinski definition) is 4. The summed E-state index contributed by atoms with van der Waals surface area (Å²) in [6, 6.07) is 7.91. The second-order valence-electron chi connectivity index (χ2n) is 4.88. The zero-order chi connectivity index (χ0) is 14.0. The lowest BCUT2D eigenvalue weighted by Gasteiger charge is -2.21. The van der Waals surface area contributed by atoms with Gasteiger partial charge in [-0.05, 0) is 19.9 Å². The number of carbonyl (C=O) groups is 1. The normalized spacial score (nSPS) is 11.8.